The zero-order chi connectivity index (χ0) is 15.2. The Kier molecular flexibility index (Phi) is 5.23. The lowest BCUT2D eigenvalue weighted by molar-refractivity contribution is 0.340. The van der Waals surface area contributed by atoms with E-state index in [-0.39, 0.29) is 6.04 Å². The first-order valence-electron chi connectivity index (χ1n) is 7.24. The quantitative estimate of drug-likeness (QED) is 0.877. The van der Waals surface area contributed by atoms with Crippen molar-refractivity contribution in [3.63, 3.8) is 0 Å². The van der Waals surface area contributed by atoms with Gasteiger partial charge in [-0.05, 0) is 55.8 Å². The minimum atomic E-state index is 0.158. The first-order valence-corrected chi connectivity index (χ1v) is 7.24. The van der Waals surface area contributed by atoms with E-state index in [1.54, 1.807) is 7.11 Å². The second-order valence-electron chi connectivity index (χ2n) is 4.95. The van der Waals surface area contributed by atoms with Crippen LogP contribution in [0.2, 0.25) is 0 Å². The smallest absolute Gasteiger partial charge is 0.121 e. The highest BCUT2D eigenvalue weighted by molar-refractivity contribution is 5.41. The summed E-state index contributed by atoms with van der Waals surface area (Å²) in [4.78, 5) is 0. The monoisotopic (exact) mass is 285 g/mol. The fraction of sp³-hybridized carbons (Fsp3) is 0.333. The lowest BCUT2D eigenvalue weighted by atomic mass is 9.97. The number of hydrogen-bond donors (Lipinski definition) is 1. The second kappa shape index (κ2) is 7.14. The van der Waals surface area contributed by atoms with Crippen LogP contribution in [0, 0.1) is 6.92 Å². The molecule has 3 nitrogen and oxygen atoms in total. The maximum absolute atomic E-state index is 5.49. The van der Waals surface area contributed by atoms with Crippen molar-refractivity contribution < 1.29 is 9.47 Å². The van der Waals surface area contributed by atoms with Crippen LogP contribution in [0.3, 0.4) is 0 Å². The minimum Gasteiger partial charge on any atom is -0.496 e. The molecule has 2 rings (SSSR count). The molecule has 2 aromatic carbocycles. The van der Waals surface area contributed by atoms with Gasteiger partial charge in [-0.1, -0.05) is 24.3 Å². The number of rotatable bonds is 6. The van der Waals surface area contributed by atoms with Gasteiger partial charge in [0.05, 0.1) is 19.8 Å². The van der Waals surface area contributed by atoms with Crippen molar-refractivity contribution in [3.05, 3.63) is 59.2 Å². The molecule has 0 amide bonds. The zero-order valence-corrected chi connectivity index (χ0v) is 13.1. The van der Waals surface area contributed by atoms with Crippen LogP contribution in [0.25, 0.3) is 0 Å². The minimum absolute atomic E-state index is 0.158. The molecule has 0 radical (unpaired) electrons. The lowest BCUT2D eigenvalue weighted by Crippen LogP contribution is -2.17. The van der Waals surface area contributed by atoms with Gasteiger partial charge in [0.2, 0.25) is 0 Å². The van der Waals surface area contributed by atoms with E-state index in [4.69, 9.17) is 9.47 Å². The van der Waals surface area contributed by atoms with Crippen LogP contribution >= 0.6 is 0 Å². The number of aryl methyl sites for hydroxylation is 1. The van der Waals surface area contributed by atoms with Gasteiger partial charge in [-0.3, -0.25) is 0 Å². The van der Waals surface area contributed by atoms with Crippen molar-refractivity contribution in [3.8, 4) is 11.5 Å². The number of ether oxygens (including phenoxy) is 2. The van der Waals surface area contributed by atoms with Crippen molar-refractivity contribution in [1.29, 1.82) is 0 Å². The molecule has 1 N–H and O–H groups in total. The van der Waals surface area contributed by atoms with Crippen LogP contribution in [-0.2, 0) is 0 Å². The van der Waals surface area contributed by atoms with E-state index in [9.17, 15) is 0 Å². The molecule has 0 saturated carbocycles. The van der Waals surface area contributed by atoms with Crippen molar-refractivity contribution in [2.45, 2.75) is 19.9 Å². The van der Waals surface area contributed by atoms with Crippen molar-refractivity contribution in [2.75, 3.05) is 20.8 Å². The van der Waals surface area contributed by atoms with Gasteiger partial charge in [0.1, 0.15) is 11.5 Å². The molecule has 1 unspecified atom stereocenters. The van der Waals surface area contributed by atoms with E-state index < -0.39 is 0 Å². The molecule has 0 spiro atoms. The summed E-state index contributed by atoms with van der Waals surface area (Å²) in [6.07, 6.45) is 0. The highest BCUT2D eigenvalue weighted by Crippen LogP contribution is 2.27. The van der Waals surface area contributed by atoms with Crippen LogP contribution in [0.5, 0.6) is 11.5 Å². The summed E-state index contributed by atoms with van der Waals surface area (Å²) in [6.45, 7) is 4.74. The predicted octanol–water partition coefficient (Wildman–Crippen LogP) is 3.71. The molecule has 0 fully saturated rings. The third kappa shape index (κ3) is 3.56. The lowest BCUT2D eigenvalue weighted by Gasteiger charge is -2.19. The third-order valence-corrected chi connectivity index (χ3v) is 3.57. The SMILES string of the molecule is CCOc1ccc(C(NC)c2ccc(OC)c(C)c2)cc1. The first kappa shape index (κ1) is 15.4. The summed E-state index contributed by atoms with van der Waals surface area (Å²) in [5.74, 6) is 1.82. The van der Waals surface area contributed by atoms with Crippen molar-refractivity contribution >= 4 is 0 Å². The predicted molar refractivity (Wildman–Crippen MR) is 86.2 cm³/mol. The largest absolute Gasteiger partial charge is 0.496 e. The average Bonchev–Trinajstić information content (AvgIpc) is 2.50. The molecule has 0 aliphatic rings. The van der Waals surface area contributed by atoms with Gasteiger partial charge >= 0.3 is 0 Å². The van der Waals surface area contributed by atoms with Gasteiger partial charge in [-0.15, -0.1) is 0 Å². The number of benzene rings is 2. The van der Waals surface area contributed by atoms with Gasteiger partial charge in [0, 0.05) is 0 Å². The molecule has 0 heterocycles. The fourth-order valence-corrected chi connectivity index (χ4v) is 2.53. The summed E-state index contributed by atoms with van der Waals surface area (Å²) in [5, 5.41) is 3.37. The standard InChI is InChI=1S/C18H23NO2/c1-5-21-16-9-6-14(7-10-16)18(19-3)15-8-11-17(20-4)13(2)12-15/h6-12,18-19H,5H2,1-4H3. The second-order valence-corrected chi connectivity index (χ2v) is 4.95. The molecule has 2 aromatic rings. The highest BCUT2D eigenvalue weighted by atomic mass is 16.5. The van der Waals surface area contributed by atoms with Gasteiger partial charge in [0.15, 0.2) is 0 Å². The maximum Gasteiger partial charge on any atom is 0.121 e. The topological polar surface area (TPSA) is 30.5 Å². The summed E-state index contributed by atoms with van der Waals surface area (Å²) in [5.41, 5.74) is 3.58. The summed E-state index contributed by atoms with van der Waals surface area (Å²) < 4.78 is 10.8. The van der Waals surface area contributed by atoms with Crippen molar-refractivity contribution in [1.82, 2.24) is 5.32 Å². The summed E-state index contributed by atoms with van der Waals surface area (Å²) >= 11 is 0. The average molecular weight is 285 g/mol. The van der Waals surface area contributed by atoms with Crippen molar-refractivity contribution in [2.24, 2.45) is 0 Å². The Morgan fingerprint density at radius 3 is 2.24 bits per heavy atom. The van der Waals surface area contributed by atoms with Crippen LogP contribution in [0.15, 0.2) is 42.5 Å². The molecule has 0 saturated heterocycles. The molecule has 1 atom stereocenters. The van der Waals surface area contributed by atoms with Crippen LogP contribution in [0.4, 0.5) is 0 Å². The Morgan fingerprint density at radius 1 is 1.05 bits per heavy atom. The summed E-state index contributed by atoms with van der Waals surface area (Å²) in [6, 6.07) is 14.7. The molecule has 112 valence electrons. The van der Waals surface area contributed by atoms with E-state index in [0.29, 0.717) is 6.61 Å². The molecule has 0 aromatic heterocycles. The van der Waals surface area contributed by atoms with Crippen LogP contribution in [0.1, 0.15) is 29.7 Å². The number of methoxy groups -OCH3 is 1. The fourth-order valence-electron chi connectivity index (χ4n) is 2.53. The van der Waals surface area contributed by atoms with Gasteiger partial charge in [-0.25, -0.2) is 0 Å². The van der Waals surface area contributed by atoms with Crippen LogP contribution < -0.4 is 14.8 Å². The molecular formula is C18H23NO2. The van der Waals surface area contributed by atoms with E-state index in [0.717, 1.165) is 17.1 Å². The van der Waals surface area contributed by atoms with Crippen LogP contribution in [-0.4, -0.2) is 20.8 Å². The highest BCUT2D eigenvalue weighted by Gasteiger charge is 2.13. The third-order valence-electron chi connectivity index (χ3n) is 3.57. The number of hydrogen-bond acceptors (Lipinski definition) is 3. The normalized spacial score (nSPS) is 12.0. The molecule has 0 bridgehead atoms. The Hall–Kier alpha value is -2.00. The van der Waals surface area contributed by atoms with Gasteiger partial charge < -0.3 is 14.8 Å². The Bertz CT molecular complexity index is 578. The molecule has 3 heteroatoms. The Morgan fingerprint density at radius 2 is 1.71 bits per heavy atom. The maximum atomic E-state index is 5.49. The zero-order valence-electron chi connectivity index (χ0n) is 13.1. The molecule has 0 aliphatic carbocycles. The van der Waals surface area contributed by atoms with Gasteiger partial charge in [-0.2, -0.15) is 0 Å². The van der Waals surface area contributed by atoms with E-state index in [2.05, 4.69) is 36.5 Å². The van der Waals surface area contributed by atoms with Gasteiger partial charge in [0.25, 0.3) is 0 Å². The van der Waals surface area contributed by atoms with E-state index in [1.807, 2.05) is 32.2 Å². The number of nitrogens with one attached hydrogen (secondary N) is 1. The summed E-state index contributed by atoms with van der Waals surface area (Å²) in [7, 11) is 3.67. The molecule has 0 aliphatic heterocycles. The first-order chi connectivity index (χ1) is 10.2. The molecular weight excluding hydrogens is 262 g/mol. The Balaban J connectivity index is 2.28. The van der Waals surface area contributed by atoms with E-state index >= 15 is 0 Å². The Labute approximate surface area is 126 Å². The molecule has 21 heavy (non-hydrogen) atoms. The van der Waals surface area contributed by atoms with E-state index in [1.165, 1.54) is 11.1 Å².